The van der Waals surface area contributed by atoms with Gasteiger partial charge in [-0.15, -0.1) is 0 Å². The van der Waals surface area contributed by atoms with E-state index < -0.39 is 12.0 Å². The number of benzene rings is 1. The summed E-state index contributed by atoms with van der Waals surface area (Å²) in [5, 5.41) is 9.02. The molecule has 1 N–H and O–H groups in total. The quantitative estimate of drug-likeness (QED) is 0.862. The second-order valence-corrected chi connectivity index (χ2v) is 5.83. The molecule has 2 atom stereocenters. The van der Waals surface area contributed by atoms with Crippen LogP contribution in [0.3, 0.4) is 0 Å². The van der Waals surface area contributed by atoms with Crippen LogP contribution in [0.15, 0.2) is 30.3 Å². The predicted octanol–water partition coefficient (Wildman–Crippen LogP) is 1.91. The predicted molar refractivity (Wildman–Crippen MR) is 79.6 cm³/mol. The van der Waals surface area contributed by atoms with Crippen LogP contribution in [-0.4, -0.2) is 53.6 Å². The first-order valence-corrected chi connectivity index (χ1v) is 7.25. The Labute approximate surface area is 121 Å². The van der Waals surface area contributed by atoms with Crippen LogP contribution in [0.25, 0.3) is 0 Å². The van der Waals surface area contributed by atoms with Gasteiger partial charge in [-0.1, -0.05) is 30.3 Å². The lowest BCUT2D eigenvalue weighted by atomic mass is 10.1. The molecule has 0 aromatic heterocycles. The molecular formula is C16H24N2O2. The van der Waals surface area contributed by atoms with Gasteiger partial charge in [0, 0.05) is 19.6 Å². The minimum atomic E-state index is -0.744. The van der Waals surface area contributed by atoms with E-state index in [0.717, 1.165) is 32.6 Å². The van der Waals surface area contributed by atoms with Crippen molar-refractivity contribution in [3.63, 3.8) is 0 Å². The molecule has 0 aliphatic carbocycles. The third kappa shape index (κ3) is 4.05. The highest BCUT2D eigenvalue weighted by molar-refractivity contribution is 5.72. The summed E-state index contributed by atoms with van der Waals surface area (Å²) in [7, 11) is 1.90. The Kier molecular flexibility index (Phi) is 5.15. The number of carboxylic acids is 1. The van der Waals surface area contributed by atoms with E-state index in [1.807, 2.05) is 18.0 Å². The minimum Gasteiger partial charge on any atom is -0.480 e. The highest BCUT2D eigenvalue weighted by Crippen LogP contribution is 2.20. The Hall–Kier alpha value is -1.39. The number of carbonyl (C=O) groups is 1. The number of likely N-dealkylation sites (tertiary alicyclic amines) is 1. The molecular weight excluding hydrogens is 252 g/mol. The largest absolute Gasteiger partial charge is 0.480 e. The van der Waals surface area contributed by atoms with Crippen LogP contribution >= 0.6 is 0 Å². The Bertz CT molecular complexity index is 435. The van der Waals surface area contributed by atoms with Crippen LogP contribution in [-0.2, 0) is 11.3 Å². The average molecular weight is 276 g/mol. The summed E-state index contributed by atoms with van der Waals surface area (Å²) in [6, 6.07) is 10.1. The maximum Gasteiger partial charge on any atom is 0.320 e. The first-order valence-electron chi connectivity index (χ1n) is 7.25. The zero-order valence-electron chi connectivity index (χ0n) is 12.3. The van der Waals surface area contributed by atoms with Crippen molar-refractivity contribution >= 4 is 5.97 Å². The van der Waals surface area contributed by atoms with Crippen LogP contribution < -0.4 is 0 Å². The summed E-state index contributed by atoms with van der Waals surface area (Å²) in [4.78, 5) is 15.4. The van der Waals surface area contributed by atoms with Gasteiger partial charge in [-0.2, -0.15) is 0 Å². The molecule has 1 aromatic carbocycles. The summed E-state index contributed by atoms with van der Waals surface area (Å²) in [6.45, 7) is 5.77. The van der Waals surface area contributed by atoms with Crippen molar-refractivity contribution in [3.05, 3.63) is 35.9 Å². The van der Waals surface area contributed by atoms with E-state index in [9.17, 15) is 4.79 Å². The molecule has 20 heavy (non-hydrogen) atoms. The van der Waals surface area contributed by atoms with E-state index >= 15 is 0 Å². The minimum absolute atomic E-state index is 0.404. The molecule has 0 bridgehead atoms. The second-order valence-electron chi connectivity index (χ2n) is 5.83. The Morgan fingerprint density at radius 1 is 1.45 bits per heavy atom. The number of hydrogen-bond acceptors (Lipinski definition) is 3. The summed E-state index contributed by atoms with van der Waals surface area (Å²) in [6.07, 6.45) is 1.16. The molecule has 0 saturated carbocycles. The lowest BCUT2D eigenvalue weighted by Gasteiger charge is -2.24. The molecule has 1 aliphatic rings. The highest BCUT2D eigenvalue weighted by atomic mass is 16.4. The van der Waals surface area contributed by atoms with Gasteiger partial charge in [0.05, 0.1) is 0 Å². The molecule has 0 amide bonds. The lowest BCUT2D eigenvalue weighted by Crippen LogP contribution is -2.39. The van der Waals surface area contributed by atoms with Gasteiger partial charge in [0.25, 0.3) is 0 Å². The zero-order chi connectivity index (χ0) is 14.5. The molecule has 2 rings (SSSR count). The maximum atomic E-state index is 11.0. The van der Waals surface area contributed by atoms with Crippen molar-refractivity contribution in [2.75, 3.05) is 26.7 Å². The van der Waals surface area contributed by atoms with Crippen molar-refractivity contribution in [2.45, 2.75) is 25.9 Å². The third-order valence-electron chi connectivity index (χ3n) is 4.18. The molecule has 1 aromatic rings. The standard InChI is InChI=1S/C16H24N2O2/c1-13(16(19)20)17(2)10-15-8-9-18(12-15)11-14-6-4-3-5-7-14/h3-7,13,15H,8-12H2,1-2H3,(H,19,20)/t13-,15+/m1/s1. The second kappa shape index (κ2) is 6.86. The SMILES string of the molecule is C[C@H](C(=O)O)N(C)C[C@@H]1CCN(Cc2ccccc2)C1. The van der Waals surface area contributed by atoms with Crippen molar-refractivity contribution in [1.29, 1.82) is 0 Å². The number of rotatable bonds is 6. The molecule has 0 spiro atoms. The number of carboxylic acid groups (broad SMARTS) is 1. The molecule has 4 heteroatoms. The number of aliphatic carboxylic acids is 1. The Balaban J connectivity index is 1.79. The number of likely N-dealkylation sites (N-methyl/N-ethyl adjacent to an activating group) is 1. The molecule has 0 unspecified atom stereocenters. The first-order chi connectivity index (χ1) is 9.56. The molecule has 4 nitrogen and oxygen atoms in total. The summed E-state index contributed by atoms with van der Waals surface area (Å²) >= 11 is 0. The highest BCUT2D eigenvalue weighted by Gasteiger charge is 2.26. The smallest absolute Gasteiger partial charge is 0.320 e. The summed E-state index contributed by atoms with van der Waals surface area (Å²) in [5.41, 5.74) is 1.35. The van der Waals surface area contributed by atoms with Crippen molar-refractivity contribution in [2.24, 2.45) is 5.92 Å². The third-order valence-corrected chi connectivity index (χ3v) is 4.18. The van der Waals surface area contributed by atoms with Gasteiger partial charge in [-0.25, -0.2) is 0 Å². The van der Waals surface area contributed by atoms with Gasteiger partial charge in [0.2, 0.25) is 0 Å². The molecule has 1 aliphatic heterocycles. The molecule has 0 radical (unpaired) electrons. The molecule has 110 valence electrons. The first kappa shape index (κ1) is 15.0. The van der Waals surface area contributed by atoms with Gasteiger partial charge in [0.15, 0.2) is 0 Å². The lowest BCUT2D eigenvalue weighted by molar-refractivity contribution is -0.142. The Morgan fingerprint density at radius 3 is 2.80 bits per heavy atom. The number of hydrogen-bond donors (Lipinski definition) is 1. The van der Waals surface area contributed by atoms with Crippen molar-refractivity contribution in [1.82, 2.24) is 9.80 Å². The van der Waals surface area contributed by atoms with E-state index in [4.69, 9.17) is 5.11 Å². The van der Waals surface area contributed by atoms with Crippen LogP contribution in [0.5, 0.6) is 0 Å². The fourth-order valence-corrected chi connectivity index (χ4v) is 2.80. The van der Waals surface area contributed by atoms with Crippen molar-refractivity contribution < 1.29 is 9.90 Å². The molecule has 1 fully saturated rings. The van der Waals surface area contributed by atoms with E-state index in [1.165, 1.54) is 5.56 Å². The van der Waals surface area contributed by atoms with E-state index in [2.05, 4.69) is 29.2 Å². The number of nitrogens with zero attached hydrogens (tertiary/aromatic N) is 2. The molecule has 1 heterocycles. The van der Waals surface area contributed by atoms with Crippen LogP contribution in [0.1, 0.15) is 18.9 Å². The van der Waals surface area contributed by atoms with Crippen LogP contribution in [0, 0.1) is 5.92 Å². The van der Waals surface area contributed by atoms with Gasteiger partial charge >= 0.3 is 5.97 Å². The van der Waals surface area contributed by atoms with E-state index in [1.54, 1.807) is 6.92 Å². The fourth-order valence-electron chi connectivity index (χ4n) is 2.80. The van der Waals surface area contributed by atoms with Crippen LogP contribution in [0.4, 0.5) is 0 Å². The molecule has 1 saturated heterocycles. The van der Waals surface area contributed by atoms with Crippen molar-refractivity contribution in [3.8, 4) is 0 Å². The average Bonchev–Trinajstić information content (AvgIpc) is 2.86. The monoisotopic (exact) mass is 276 g/mol. The van der Waals surface area contributed by atoms with Gasteiger partial charge in [-0.3, -0.25) is 14.6 Å². The van der Waals surface area contributed by atoms with E-state index in [-0.39, 0.29) is 0 Å². The fraction of sp³-hybridized carbons (Fsp3) is 0.562. The van der Waals surface area contributed by atoms with Gasteiger partial charge in [0.1, 0.15) is 6.04 Å². The van der Waals surface area contributed by atoms with Gasteiger partial charge < -0.3 is 5.11 Å². The topological polar surface area (TPSA) is 43.8 Å². The Morgan fingerprint density at radius 2 is 2.15 bits per heavy atom. The summed E-state index contributed by atoms with van der Waals surface area (Å²) in [5.74, 6) is -0.169. The zero-order valence-corrected chi connectivity index (χ0v) is 12.3. The van der Waals surface area contributed by atoms with E-state index in [0.29, 0.717) is 5.92 Å². The van der Waals surface area contributed by atoms with Gasteiger partial charge in [-0.05, 0) is 38.4 Å². The summed E-state index contributed by atoms with van der Waals surface area (Å²) < 4.78 is 0. The van der Waals surface area contributed by atoms with Crippen LogP contribution in [0.2, 0.25) is 0 Å². The maximum absolute atomic E-state index is 11.0. The normalized spacial score (nSPS) is 21.2.